The molecule has 0 aromatic heterocycles. The van der Waals surface area contributed by atoms with Crippen LogP contribution in [-0.4, -0.2) is 7.11 Å². The Kier molecular flexibility index (Phi) is 3.69. The van der Waals surface area contributed by atoms with Crippen molar-refractivity contribution < 1.29 is 4.74 Å². The molecule has 0 N–H and O–H groups in total. The first-order valence-corrected chi connectivity index (χ1v) is 6.03. The lowest BCUT2D eigenvalue weighted by Gasteiger charge is -2.10. The minimum absolute atomic E-state index is 0.746. The number of ether oxygens (including phenoxy) is 1. The van der Waals surface area contributed by atoms with Gasteiger partial charge in [-0.2, -0.15) is 0 Å². The zero-order chi connectivity index (χ0) is 13.0. The Labute approximate surface area is 108 Å². The Hall–Kier alpha value is -2.20. The Morgan fingerprint density at radius 1 is 1.17 bits per heavy atom. The van der Waals surface area contributed by atoms with Crippen LogP contribution in [0.4, 0.5) is 0 Å². The molecule has 0 radical (unpaired) electrons. The molecule has 0 aliphatic carbocycles. The molecule has 0 saturated carbocycles. The van der Waals surface area contributed by atoms with E-state index in [4.69, 9.17) is 11.2 Å². The van der Waals surface area contributed by atoms with E-state index in [0.717, 1.165) is 23.3 Å². The highest BCUT2D eigenvalue weighted by Gasteiger charge is 2.06. The highest BCUT2D eigenvalue weighted by atomic mass is 16.5. The summed E-state index contributed by atoms with van der Waals surface area (Å²) >= 11 is 0. The van der Waals surface area contributed by atoms with Crippen molar-refractivity contribution >= 4 is 0 Å². The van der Waals surface area contributed by atoms with Crippen LogP contribution in [0.1, 0.15) is 18.1 Å². The molecule has 0 bridgehead atoms. The van der Waals surface area contributed by atoms with Crippen molar-refractivity contribution in [3.8, 4) is 29.2 Å². The predicted octanol–water partition coefficient (Wildman–Crippen LogP) is 3.91. The van der Waals surface area contributed by atoms with Gasteiger partial charge in [-0.1, -0.05) is 43.2 Å². The van der Waals surface area contributed by atoms with E-state index in [1.807, 2.05) is 24.3 Å². The molecule has 0 saturated heterocycles. The average Bonchev–Trinajstić information content (AvgIpc) is 2.46. The summed E-state index contributed by atoms with van der Waals surface area (Å²) in [5.74, 6) is 3.41. The van der Waals surface area contributed by atoms with E-state index >= 15 is 0 Å². The van der Waals surface area contributed by atoms with Crippen LogP contribution >= 0.6 is 0 Å². The third-order valence-electron chi connectivity index (χ3n) is 3.06. The molecule has 0 atom stereocenters. The van der Waals surface area contributed by atoms with Gasteiger partial charge in [0.25, 0.3) is 0 Å². The summed E-state index contributed by atoms with van der Waals surface area (Å²) in [6.07, 6.45) is 6.52. The Bertz CT molecular complexity index is 591. The fourth-order valence-corrected chi connectivity index (χ4v) is 2.10. The average molecular weight is 236 g/mol. The van der Waals surface area contributed by atoms with Gasteiger partial charge in [0.1, 0.15) is 5.75 Å². The van der Waals surface area contributed by atoms with Gasteiger partial charge in [0.2, 0.25) is 0 Å². The Balaban J connectivity index is 2.55. The number of terminal acetylenes is 1. The molecule has 0 amide bonds. The number of hydrogen-bond acceptors (Lipinski definition) is 1. The molecule has 0 aliphatic heterocycles. The lowest BCUT2D eigenvalue weighted by Crippen LogP contribution is -1.91. The molecular weight excluding hydrogens is 220 g/mol. The molecule has 0 spiro atoms. The van der Waals surface area contributed by atoms with Crippen molar-refractivity contribution in [2.45, 2.75) is 13.3 Å². The number of methoxy groups -OCH3 is 1. The molecule has 2 aromatic carbocycles. The van der Waals surface area contributed by atoms with E-state index in [9.17, 15) is 0 Å². The number of rotatable bonds is 3. The molecule has 2 aromatic rings. The largest absolute Gasteiger partial charge is 0.495 e. The molecule has 1 heteroatoms. The summed E-state index contributed by atoms with van der Waals surface area (Å²) in [4.78, 5) is 0. The van der Waals surface area contributed by atoms with Crippen molar-refractivity contribution in [2.24, 2.45) is 0 Å². The van der Waals surface area contributed by atoms with E-state index in [2.05, 4.69) is 31.0 Å². The molecule has 0 heterocycles. The second-order valence-corrected chi connectivity index (χ2v) is 4.07. The zero-order valence-electron chi connectivity index (χ0n) is 10.7. The molecule has 18 heavy (non-hydrogen) atoms. The van der Waals surface area contributed by atoms with Gasteiger partial charge in [0.15, 0.2) is 0 Å². The minimum atomic E-state index is 0.746. The zero-order valence-corrected chi connectivity index (χ0v) is 10.7. The maximum atomic E-state index is 5.51. The summed E-state index contributed by atoms with van der Waals surface area (Å²) in [7, 11) is 1.63. The summed E-state index contributed by atoms with van der Waals surface area (Å²) < 4.78 is 5.24. The van der Waals surface area contributed by atoms with Gasteiger partial charge >= 0.3 is 0 Å². The first-order chi connectivity index (χ1) is 8.80. The Morgan fingerprint density at radius 2 is 1.94 bits per heavy atom. The second kappa shape index (κ2) is 5.42. The van der Waals surface area contributed by atoms with Crippen molar-refractivity contribution in [3.05, 3.63) is 53.6 Å². The van der Waals surface area contributed by atoms with E-state index < -0.39 is 0 Å². The standard InChI is InChI=1S/C17H16O/c1-4-13-8-6-7-9-16(13)15-10-11-17(18-3)14(5-2)12-15/h2,6-12H,4H2,1,3H3. The van der Waals surface area contributed by atoms with E-state index in [0.29, 0.717) is 0 Å². The molecule has 90 valence electrons. The maximum absolute atomic E-state index is 5.51. The van der Waals surface area contributed by atoms with Gasteiger partial charge in [0, 0.05) is 0 Å². The highest BCUT2D eigenvalue weighted by Crippen LogP contribution is 2.28. The van der Waals surface area contributed by atoms with Gasteiger partial charge in [-0.3, -0.25) is 0 Å². The van der Waals surface area contributed by atoms with Crippen LogP contribution in [0.5, 0.6) is 5.75 Å². The first kappa shape index (κ1) is 12.3. The molecule has 0 unspecified atom stereocenters. The molecule has 0 aliphatic rings. The van der Waals surface area contributed by atoms with Crippen molar-refractivity contribution in [3.63, 3.8) is 0 Å². The normalized spacial score (nSPS) is 9.83. The third-order valence-corrected chi connectivity index (χ3v) is 3.06. The van der Waals surface area contributed by atoms with E-state index in [1.54, 1.807) is 7.11 Å². The maximum Gasteiger partial charge on any atom is 0.134 e. The first-order valence-electron chi connectivity index (χ1n) is 6.03. The van der Waals surface area contributed by atoms with Gasteiger partial charge in [0.05, 0.1) is 12.7 Å². The number of aryl methyl sites for hydroxylation is 1. The van der Waals surface area contributed by atoms with Crippen LogP contribution in [0.3, 0.4) is 0 Å². The highest BCUT2D eigenvalue weighted by molar-refractivity contribution is 5.70. The minimum Gasteiger partial charge on any atom is -0.495 e. The van der Waals surface area contributed by atoms with E-state index in [1.165, 1.54) is 11.1 Å². The Morgan fingerprint density at radius 3 is 2.61 bits per heavy atom. The van der Waals surface area contributed by atoms with Gasteiger partial charge in [-0.15, -0.1) is 6.42 Å². The van der Waals surface area contributed by atoms with Crippen LogP contribution in [-0.2, 0) is 6.42 Å². The van der Waals surface area contributed by atoms with Crippen molar-refractivity contribution in [2.75, 3.05) is 7.11 Å². The smallest absolute Gasteiger partial charge is 0.134 e. The summed E-state index contributed by atoms with van der Waals surface area (Å²) in [6.45, 7) is 2.16. The van der Waals surface area contributed by atoms with Crippen LogP contribution in [0, 0.1) is 12.3 Å². The van der Waals surface area contributed by atoms with Crippen LogP contribution in [0.2, 0.25) is 0 Å². The summed E-state index contributed by atoms with van der Waals surface area (Å²) in [5, 5.41) is 0. The van der Waals surface area contributed by atoms with Crippen LogP contribution in [0.15, 0.2) is 42.5 Å². The number of benzene rings is 2. The lowest BCUT2D eigenvalue weighted by molar-refractivity contribution is 0.413. The number of hydrogen-bond donors (Lipinski definition) is 0. The second-order valence-electron chi connectivity index (χ2n) is 4.07. The predicted molar refractivity (Wildman–Crippen MR) is 75.7 cm³/mol. The summed E-state index contributed by atoms with van der Waals surface area (Å²) in [5.41, 5.74) is 4.49. The van der Waals surface area contributed by atoms with Crippen LogP contribution in [0.25, 0.3) is 11.1 Å². The SMILES string of the molecule is C#Cc1cc(-c2ccccc2CC)ccc1OC. The topological polar surface area (TPSA) is 9.23 Å². The quantitative estimate of drug-likeness (QED) is 0.734. The molecule has 0 fully saturated rings. The fraction of sp³-hybridized carbons (Fsp3) is 0.176. The van der Waals surface area contributed by atoms with Gasteiger partial charge in [-0.25, -0.2) is 0 Å². The summed E-state index contributed by atoms with van der Waals surface area (Å²) in [6, 6.07) is 14.4. The fourth-order valence-electron chi connectivity index (χ4n) is 2.10. The van der Waals surface area contributed by atoms with E-state index in [-0.39, 0.29) is 0 Å². The van der Waals surface area contributed by atoms with Gasteiger partial charge < -0.3 is 4.74 Å². The molecule has 2 rings (SSSR count). The third kappa shape index (κ3) is 2.24. The van der Waals surface area contributed by atoms with Crippen LogP contribution < -0.4 is 4.74 Å². The monoisotopic (exact) mass is 236 g/mol. The van der Waals surface area contributed by atoms with Crippen molar-refractivity contribution in [1.82, 2.24) is 0 Å². The molecule has 1 nitrogen and oxygen atoms in total. The molecular formula is C17H16O. The van der Waals surface area contributed by atoms with Crippen molar-refractivity contribution in [1.29, 1.82) is 0 Å². The lowest BCUT2D eigenvalue weighted by atomic mass is 9.96. The van der Waals surface area contributed by atoms with Gasteiger partial charge in [-0.05, 0) is 35.2 Å².